The SMILES string of the molecule is CCN(CCCN(C)C)C(=O)NCc1ccc(C(=O)O)o1. The molecule has 1 aromatic heterocycles. The first-order valence-electron chi connectivity index (χ1n) is 6.93. The maximum Gasteiger partial charge on any atom is 0.371 e. The molecule has 0 aliphatic rings. The van der Waals surface area contributed by atoms with Crippen LogP contribution in [0.1, 0.15) is 29.7 Å². The van der Waals surface area contributed by atoms with Crippen LogP contribution in [-0.2, 0) is 6.54 Å². The van der Waals surface area contributed by atoms with Crippen LogP contribution in [0.15, 0.2) is 16.5 Å². The van der Waals surface area contributed by atoms with Crippen molar-refractivity contribution in [2.75, 3.05) is 33.7 Å². The Morgan fingerprint density at radius 1 is 1.29 bits per heavy atom. The fraction of sp³-hybridized carbons (Fsp3) is 0.571. The fourth-order valence-corrected chi connectivity index (χ4v) is 1.84. The van der Waals surface area contributed by atoms with E-state index in [2.05, 4.69) is 10.2 Å². The van der Waals surface area contributed by atoms with Crippen LogP contribution in [0.5, 0.6) is 0 Å². The average molecular weight is 297 g/mol. The maximum atomic E-state index is 12.0. The van der Waals surface area contributed by atoms with Crippen LogP contribution in [0.25, 0.3) is 0 Å². The molecule has 0 bridgehead atoms. The van der Waals surface area contributed by atoms with Crippen molar-refractivity contribution in [1.29, 1.82) is 0 Å². The van der Waals surface area contributed by atoms with E-state index in [4.69, 9.17) is 9.52 Å². The molecule has 0 aliphatic carbocycles. The Balaban J connectivity index is 2.40. The van der Waals surface area contributed by atoms with Gasteiger partial charge in [-0.3, -0.25) is 0 Å². The third-order valence-corrected chi connectivity index (χ3v) is 2.99. The van der Waals surface area contributed by atoms with Gasteiger partial charge in [0.25, 0.3) is 0 Å². The summed E-state index contributed by atoms with van der Waals surface area (Å²) < 4.78 is 5.08. The molecule has 0 atom stereocenters. The van der Waals surface area contributed by atoms with Gasteiger partial charge in [-0.05, 0) is 46.1 Å². The molecule has 0 spiro atoms. The molecule has 0 aromatic carbocycles. The van der Waals surface area contributed by atoms with Crippen LogP contribution in [0.4, 0.5) is 4.79 Å². The fourth-order valence-electron chi connectivity index (χ4n) is 1.84. The summed E-state index contributed by atoms with van der Waals surface area (Å²) in [6.07, 6.45) is 0.901. The van der Waals surface area contributed by atoms with Crippen LogP contribution in [0, 0.1) is 0 Å². The number of carbonyl (C=O) groups is 2. The number of aromatic carboxylic acids is 1. The average Bonchev–Trinajstić information content (AvgIpc) is 2.89. The van der Waals surface area contributed by atoms with Gasteiger partial charge in [0.1, 0.15) is 5.76 Å². The van der Waals surface area contributed by atoms with Crippen LogP contribution in [0.2, 0.25) is 0 Å². The first kappa shape index (κ1) is 17.0. The van der Waals surface area contributed by atoms with E-state index in [1.165, 1.54) is 6.07 Å². The number of rotatable bonds is 8. The third-order valence-electron chi connectivity index (χ3n) is 2.99. The van der Waals surface area contributed by atoms with E-state index >= 15 is 0 Å². The van der Waals surface area contributed by atoms with Crippen LogP contribution in [0.3, 0.4) is 0 Å². The van der Waals surface area contributed by atoms with Gasteiger partial charge < -0.3 is 24.6 Å². The third kappa shape index (κ3) is 5.86. The first-order valence-corrected chi connectivity index (χ1v) is 6.93. The van der Waals surface area contributed by atoms with Crippen LogP contribution < -0.4 is 5.32 Å². The number of urea groups is 1. The summed E-state index contributed by atoms with van der Waals surface area (Å²) in [5.41, 5.74) is 0. The molecular weight excluding hydrogens is 274 g/mol. The number of hydrogen-bond donors (Lipinski definition) is 2. The van der Waals surface area contributed by atoms with Crippen molar-refractivity contribution in [2.24, 2.45) is 0 Å². The minimum absolute atomic E-state index is 0.127. The molecule has 21 heavy (non-hydrogen) atoms. The van der Waals surface area contributed by atoms with Crippen molar-refractivity contribution in [3.63, 3.8) is 0 Å². The van der Waals surface area contributed by atoms with Gasteiger partial charge in [0.2, 0.25) is 5.76 Å². The molecule has 0 fully saturated rings. The predicted octanol–water partition coefficient (Wildman–Crippen LogP) is 1.46. The minimum atomic E-state index is -1.12. The second-order valence-electron chi connectivity index (χ2n) is 4.97. The maximum absolute atomic E-state index is 12.0. The summed E-state index contributed by atoms with van der Waals surface area (Å²) in [6, 6.07) is 2.74. The molecule has 2 amide bonds. The van der Waals surface area contributed by atoms with E-state index < -0.39 is 5.97 Å². The van der Waals surface area contributed by atoms with E-state index in [0.29, 0.717) is 18.8 Å². The number of nitrogens with zero attached hydrogens (tertiary/aromatic N) is 2. The quantitative estimate of drug-likeness (QED) is 0.758. The summed E-state index contributed by atoms with van der Waals surface area (Å²) in [5.74, 6) is -0.825. The molecule has 0 saturated heterocycles. The second-order valence-corrected chi connectivity index (χ2v) is 4.97. The lowest BCUT2D eigenvalue weighted by Gasteiger charge is -2.22. The van der Waals surface area contributed by atoms with E-state index in [0.717, 1.165) is 13.0 Å². The minimum Gasteiger partial charge on any atom is -0.475 e. The summed E-state index contributed by atoms with van der Waals surface area (Å²) in [6.45, 7) is 4.32. The van der Waals surface area contributed by atoms with Gasteiger partial charge in [-0.1, -0.05) is 0 Å². The largest absolute Gasteiger partial charge is 0.475 e. The molecule has 1 rings (SSSR count). The van der Waals surface area contributed by atoms with Gasteiger partial charge in [0.15, 0.2) is 0 Å². The van der Waals surface area contributed by atoms with Gasteiger partial charge in [-0.2, -0.15) is 0 Å². The lowest BCUT2D eigenvalue weighted by atomic mass is 10.3. The molecule has 0 radical (unpaired) electrons. The first-order chi connectivity index (χ1) is 9.93. The Bertz CT molecular complexity index is 471. The second kappa shape index (κ2) is 8.31. The van der Waals surface area contributed by atoms with Gasteiger partial charge in [-0.15, -0.1) is 0 Å². The van der Waals surface area contributed by atoms with Crippen molar-refractivity contribution < 1.29 is 19.1 Å². The number of carbonyl (C=O) groups excluding carboxylic acids is 1. The zero-order valence-corrected chi connectivity index (χ0v) is 12.8. The van der Waals surface area contributed by atoms with Crippen molar-refractivity contribution in [3.05, 3.63) is 23.7 Å². The summed E-state index contributed by atoms with van der Waals surface area (Å²) in [4.78, 5) is 26.5. The lowest BCUT2D eigenvalue weighted by Crippen LogP contribution is -2.40. The Morgan fingerprint density at radius 3 is 2.52 bits per heavy atom. The van der Waals surface area contributed by atoms with Crippen molar-refractivity contribution >= 4 is 12.0 Å². The molecule has 0 unspecified atom stereocenters. The van der Waals surface area contributed by atoms with Gasteiger partial charge in [0.05, 0.1) is 6.54 Å². The summed E-state index contributed by atoms with van der Waals surface area (Å²) in [5, 5.41) is 11.5. The number of nitrogens with one attached hydrogen (secondary N) is 1. The van der Waals surface area contributed by atoms with Crippen LogP contribution in [-0.4, -0.2) is 60.6 Å². The van der Waals surface area contributed by atoms with Gasteiger partial charge in [-0.25, -0.2) is 9.59 Å². The highest BCUT2D eigenvalue weighted by molar-refractivity contribution is 5.84. The standard InChI is InChI=1S/C14H23N3O4/c1-4-17(9-5-8-16(2)3)14(20)15-10-11-6-7-12(21-11)13(18)19/h6-7H,4-5,8-10H2,1-3H3,(H,15,20)(H,18,19). The molecule has 118 valence electrons. The Hall–Kier alpha value is -2.02. The topological polar surface area (TPSA) is 86.0 Å². The number of hydrogen-bond acceptors (Lipinski definition) is 4. The molecule has 7 heteroatoms. The summed E-state index contributed by atoms with van der Waals surface area (Å²) >= 11 is 0. The Labute approximate surface area is 124 Å². The molecule has 1 heterocycles. The van der Waals surface area contributed by atoms with E-state index in [-0.39, 0.29) is 18.3 Å². The van der Waals surface area contributed by atoms with E-state index in [9.17, 15) is 9.59 Å². The molecule has 0 saturated carbocycles. The normalized spacial score (nSPS) is 10.7. The molecule has 2 N–H and O–H groups in total. The van der Waals surface area contributed by atoms with Crippen molar-refractivity contribution in [3.8, 4) is 0 Å². The highest BCUT2D eigenvalue weighted by Crippen LogP contribution is 2.07. The zero-order valence-electron chi connectivity index (χ0n) is 12.8. The molecule has 0 aliphatic heterocycles. The number of carboxylic acids is 1. The van der Waals surface area contributed by atoms with E-state index in [1.807, 2.05) is 21.0 Å². The van der Waals surface area contributed by atoms with Crippen molar-refractivity contribution in [2.45, 2.75) is 19.9 Å². The highest BCUT2D eigenvalue weighted by Gasteiger charge is 2.13. The lowest BCUT2D eigenvalue weighted by molar-refractivity contribution is 0.0660. The Kier molecular flexibility index (Phi) is 6.74. The zero-order chi connectivity index (χ0) is 15.8. The summed E-state index contributed by atoms with van der Waals surface area (Å²) in [7, 11) is 3.99. The number of carboxylic acid groups (broad SMARTS) is 1. The van der Waals surface area contributed by atoms with Gasteiger partial charge in [0, 0.05) is 13.1 Å². The molecule has 7 nitrogen and oxygen atoms in total. The number of furan rings is 1. The Morgan fingerprint density at radius 2 is 2.00 bits per heavy atom. The van der Waals surface area contributed by atoms with E-state index in [1.54, 1.807) is 11.0 Å². The molecular formula is C14H23N3O4. The smallest absolute Gasteiger partial charge is 0.371 e. The predicted molar refractivity (Wildman–Crippen MR) is 78.3 cm³/mol. The van der Waals surface area contributed by atoms with Crippen LogP contribution >= 0.6 is 0 Å². The highest BCUT2D eigenvalue weighted by atomic mass is 16.4. The molecule has 1 aromatic rings. The van der Waals surface area contributed by atoms with Gasteiger partial charge >= 0.3 is 12.0 Å². The monoisotopic (exact) mass is 297 g/mol. The van der Waals surface area contributed by atoms with Crippen molar-refractivity contribution in [1.82, 2.24) is 15.1 Å². The number of amides is 2.